The fourth-order valence-electron chi connectivity index (χ4n) is 2.21. The first-order chi connectivity index (χ1) is 8.19. The van der Waals surface area contributed by atoms with Crippen molar-refractivity contribution in [1.82, 2.24) is 4.90 Å². The monoisotopic (exact) mass is 238 g/mol. The summed E-state index contributed by atoms with van der Waals surface area (Å²) in [5, 5.41) is 0. The predicted octanol–water partition coefficient (Wildman–Crippen LogP) is 1.66. The number of furan rings is 1. The van der Waals surface area contributed by atoms with E-state index in [1.54, 1.807) is 0 Å². The summed E-state index contributed by atoms with van der Waals surface area (Å²) >= 11 is 0. The van der Waals surface area contributed by atoms with Gasteiger partial charge >= 0.3 is 0 Å². The van der Waals surface area contributed by atoms with E-state index >= 15 is 0 Å². The van der Waals surface area contributed by atoms with E-state index in [1.807, 2.05) is 13.0 Å². The third-order valence-electron chi connectivity index (χ3n) is 3.42. The van der Waals surface area contributed by atoms with E-state index in [1.165, 1.54) is 0 Å². The van der Waals surface area contributed by atoms with Crippen LogP contribution in [0.2, 0.25) is 0 Å². The lowest BCUT2D eigenvalue weighted by atomic mass is 10.1. The Morgan fingerprint density at radius 1 is 1.47 bits per heavy atom. The maximum atomic E-state index is 5.87. The molecule has 0 amide bonds. The van der Waals surface area contributed by atoms with E-state index in [0.717, 1.165) is 43.0 Å². The third kappa shape index (κ3) is 3.31. The summed E-state index contributed by atoms with van der Waals surface area (Å²) in [6, 6.07) is 2.00. The SMILES string of the molecule is Cc1oc(COC2CCN(C)CC2)cc1CN. The Bertz CT molecular complexity index is 354. The summed E-state index contributed by atoms with van der Waals surface area (Å²) in [6.07, 6.45) is 2.60. The van der Waals surface area contributed by atoms with Gasteiger partial charge in [0.05, 0.1) is 6.10 Å². The van der Waals surface area contributed by atoms with Gasteiger partial charge in [0.25, 0.3) is 0 Å². The zero-order valence-electron chi connectivity index (χ0n) is 10.7. The fraction of sp³-hybridized carbons (Fsp3) is 0.692. The summed E-state index contributed by atoms with van der Waals surface area (Å²) in [7, 11) is 2.15. The summed E-state index contributed by atoms with van der Waals surface area (Å²) in [5.74, 6) is 1.80. The molecule has 96 valence electrons. The molecule has 0 aliphatic carbocycles. The van der Waals surface area contributed by atoms with Gasteiger partial charge in [0.15, 0.2) is 0 Å². The van der Waals surface area contributed by atoms with Crippen molar-refractivity contribution in [2.24, 2.45) is 5.73 Å². The number of rotatable bonds is 4. The normalized spacial score (nSPS) is 18.8. The predicted molar refractivity (Wildman–Crippen MR) is 66.6 cm³/mol. The molecule has 1 aromatic rings. The number of nitrogens with two attached hydrogens (primary N) is 1. The molecule has 17 heavy (non-hydrogen) atoms. The van der Waals surface area contributed by atoms with Crippen molar-refractivity contribution in [2.75, 3.05) is 20.1 Å². The van der Waals surface area contributed by atoms with Crippen molar-refractivity contribution in [3.8, 4) is 0 Å². The topological polar surface area (TPSA) is 51.6 Å². The Hall–Kier alpha value is -0.840. The van der Waals surface area contributed by atoms with Crippen LogP contribution in [0.25, 0.3) is 0 Å². The third-order valence-corrected chi connectivity index (χ3v) is 3.42. The van der Waals surface area contributed by atoms with Gasteiger partial charge in [-0.3, -0.25) is 0 Å². The van der Waals surface area contributed by atoms with Crippen molar-refractivity contribution in [1.29, 1.82) is 0 Å². The van der Waals surface area contributed by atoms with Gasteiger partial charge in [-0.15, -0.1) is 0 Å². The Kier molecular flexibility index (Phi) is 4.20. The molecule has 1 aliphatic rings. The second-order valence-corrected chi connectivity index (χ2v) is 4.81. The molecule has 2 heterocycles. The van der Waals surface area contributed by atoms with E-state index in [4.69, 9.17) is 14.9 Å². The molecule has 2 N–H and O–H groups in total. The molecule has 0 spiro atoms. The molecule has 0 unspecified atom stereocenters. The average Bonchev–Trinajstić information content (AvgIpc) is 2.69. The van der Waals surface area contributed by atoms with Crippen molar-refractivity contribution in [3.63, 3.8) is 0 Å². The quantitative estimate of drug-likeness (QED) is 0.866. The smallest absolute Gasteiger partial charge is 0.130 e. The summed E-state index contributed by atoms with van der Waals surface area (Å²) in [5.41, 5.74) is 6.69. The van der Waals surface area contributed by atoms with Crippen molar-refractivity contribution >= 4 is 0 Å². The minimum absolute atomic E-state index is 0.373. The van der Waals surface area contributed by atoms with Gasteiger partial charge in [0, 0.05) is 25.2 Å². The second-order valence-electron chi connectivity index (χ2n) is 4.81. The molecule has 4 heteroatoms. The van der Waals surface area contributed by atoms with Gasteiger partial charge in [-0.2, -0.15) is 0 Å². The van der Waals surface area contributed by atoms with E-state index < -0.39 is 0 Å². The van der Waals surface area contributed by atoms with Crippen LogP contribution in [-0.4, -0.2) is 31.1 Å². The maximum Gasteiger partial charge on any atom is 0.130 e. The molecular weight excluding hydrogens is 216 g/mol. The van der Waals surface area contributed by atoms with Crippen LogP contribution in [0.3, 0.4) is 0 Å². The van der Waals surface area contributed by atoms with Crippen molar-refractivity contribution in [3.05, 3.63) is 23.2 Å². The van der Waals surface area contributed by atoms with E-state index in [2.05, 4.69) is 11.9 Å². The van der Waals surface area contributed by atoms with Crippen molar-refractivity contribution in [2.45, 2.75) is 39.0 Å². The van der Waals surface area contributed by atoms with Gasteiger partial charge < -0.3 is 19.8 Å². The maximum absolute atomic E-state index is 5.87. The molecular formula is C13H22N2O2. The Balaban J connectivity index is 1.81. The number of hydrogen-bond acceptors (Lipinski definition) is 4. The fourth-order valence-corrected chi connectivity index (χ4v) is 2.21. The minimum atomic E-state index is 0.373. The average molecular weight is 238 g/mol. The van der Waals surface area contributed by atoms with Crippen LogP contribution in [0.15, 0.2) is 10.5 Å². The summed E-state index contributed by atoms with van der Waals surface area (Å²) in [4.78, 5) is 2.34. The van der Waals surface area contributed by atoms with Gasteiger partial charge in [0.1, 0.15) is 18.1 Å². The van der Waals surface area contributed by atoms with Gasteiger partial charge in [-0.1, -0.05) is 0 Å². The van der Waals surface area contributed by atoms with Crippen LogP contribution in [0.1, 0.15) is 29.9 Å². The largest absolute Gasteiger partial charge is 0.464 e. The highest BCUT2D eigenvalue weighted by Gasteiger charge is 2.17. The van der Waals surface area contributed by atoms with Crippen LogP contribution < -0.4 is 5.73 Å². The van der Waals surface area contributed by atoms with Crippen molar-refractivity contribution < 1.29 is 9.15 Å². The number of nitrogens with zero attached hydrogens (tertiary/aromatic N) is 1. The van der Waals surface area contributed by atoms with Gasteiger partial charge in [-0.25, -0.2) is 0 Å². The Morgan fingerprint density at radius 2 is 2.18 bits per heavy atom. The number of ether oxygens (including phenoxy) is 1. The van der Waals surface area contributed by atoms with Crippen LogP contribution in [0, 0.1) is 6.92 Å². The standard InChI is InChI=1S/C13H22N2O2/c1-10-11(8-14)7-13(17-10)9-16-12-3-5-15(2)6-4-12/h7,12H,3-6,8-9,14H2,1-2H3. The van der Waals surface area contributed by atoms with Gasteiger partial charge in [0.2, 0.25) is 0 Å². The molecule has 1 aromatic heterocycles. The lowest BCUT2D eigenvalue weighted by Gasteiger charge is -2.28. The molecule has 2 rings (SSSR count). The Labute approximate surface area is 103 Å². The molecule has 1 aliphatic heterocycles. The molecule has 1 saturated heterocycles. The summed E-state index contributed by atoms with van der Waals surface area (Å²) in [6.45, 7) is 5.28. The highest BCUT2D eigenvalue weighted by Crippen LogP contribution is 2.18. The van der Waals surface area contributed by atoms with Gasteiger partial charge in [-0.05, 0) is 32.9 Å². The zero-order chi connectivity index (χ0) is 12.3. The van der Waals surface area contributed by atoms with E-state index in [9.17, 15) is 0 Å². The number of piperidine rings is 1. The lowest BCUT2D eigenvalue weighted by Crippen LogP contribution is -2.34. The minimum Gasteiger partial charge on any atom is -0.464 e. The first-order valence-electron chi connectivity index (χ1n) is 6.27. The van der Waals surface area contributed by atoms with Crippen LogP contribution in [-0.2, 0) is 17.9 Å². The first kappa shape index (κ1) is 12.6. The molecule has 0 aromatic carbocycles. The van der Waals surface area contributed by atoms with E-state index in [-0.39, 0.29) is 0 Å². The van der Waals surface area contributed by atoms with E-state index in [0.29, 0.717) is 19.3 Å². The first-order valence-corrected chi connectivity index (χ1v) is 6.27. The molecule has 0 radical (unpaired) electrons. The van der Waals surface area contributed by atoms with Crippen LogP contribution in [0.5, 0.6) is 0 Å². The van der Waals surface area contributed by atoms with Crippen LogP contribution >= 0.6 is 0 Å². The molecule has 4 nitrogen and oxygen atoms in total. The number of aryl methyl sites for hydroxylation is 1. The molecule has 1 fully saturated rings. The number of likely N-dealkylation sites (tertiary alicyclic amines) is 1. The number of hydrogen-bond donors (Lipinski definition) is 1. The highest BCUT2D eigenvalue weighted by molar-refractivity contribution is 5.19. The van der Waals surface area contributed by atoms with Crippen LogP contribution in [0.4, 0.5) is 0 Å². The Morgan fingerprint density at radius 3 is 2.76 bits per heavy atom. The highest BCUT2D eigenvalue weighted by atomic mass is 16.5. The lowest BCUT2D eigenvalue weighted by molar-refractivity contribution is -0.00500. The zero-order valence-corrected chi connectivity index (χ0v) is 10.7. The molecule has 0 bridgehead atoms. The summed E-state index contributed by atoms with van der Waals surface area (Å²) < 4.78 is 11.5. The molecule has 0 saturated carbocycles. The second kappa shape index (κ2) is 5.67. The molecule has 0 atom stereocenters.